The number of amides is 1. The molecule has 0 aliphatic heterocycles. The first-order valence-electron chi connectivity index (χ1n) is 4.28. The molecule has 0 radical (unpaired) electrons. The van der Waals surface area contributed by atoms with Crippen molar-refractivity contribution in [3.8, 4) is 0 Å². The average molecular weight is 305 g/mol. The second kappa shape index (κ2) is 5.19. The van der Waals surface area contributed by atoms with E-state index in [0.29, 0.717) is 6.42 Å². The Morgan fingerprint density at radius 3 is 2.93 bits per heavy atom. The Bertz CT molecular complexity index is 328. The van der Waals surface area contributed by atoms with E-state index < -0.39 is 6.09 Å². The van der Waals surface area contributed by atoms with Crippen LogP contribution < -0.4 is 5.73 Å². The van der Waals surface area contributed by atoms with Gasteiger partial charge in [-0.1, -0.05) is 12.1 Å². The van der Waals surface area contributed by atoms with Gasteiger partial charge in [0.1, 0.15) is 6.10 Å². The Kier molecular flexibility index (Phi) is 4.19. The highest BCUT2D eigenvalue weighted by Crippen LogP contribution is 2.10. The molecule has 1 rings (SSSR count). The first kappa shape index (κ1) is 11.3. The van der Waals surface area contributed by atoms with E-state index in [4.69, 9.17) is 10.5 Å². The van der Waals surface area contributed by atoms with E-state index in [1.165, 1.54) is 3.57 Å². The van der Waals surface area contributed by atoms with E-state index in [1.54, 1.807) is 0 Å². The largest absolute Gasteiger partial charge is 0.446 e. The van der Waals surface area contributed by atoms with Gasteiger partial charge in [-0.3, -0.25) is 0 Å². The summed E-state index contributed by atoms with van der Waals surface area (Å²) in [4.78, 5) is 10.5. The van der Waals surface area contributed by atoms with Crippen LogP contribution in [-0.4, -0.2) is 12.2 Å². The van der Waals surface area contributed by atoms with E-state index in [-0.39, 0.29) is 6.10 Å². The van der Waals surface area contributed by atoms with Gasteiger partial charge in [0.15, 0.2) is 0 Å². The predicted octanol–water partition coefficient (Wildman–Crippen LogP) is 2.32. The minimum atomic E-state index is -0.719. The van der Waals surface area contributed by atoms with E-state index in [0.717, 1.165) is 5.56 Å². The first-order valence-corrected chi connectivity index (χ1v) is 5.36. The van der Waals surface area contributed by atoms with Crippen molar-refractivity contribution >= 4 is 28.7 Å². The van der Waals surface area contributed by atoms with Gasteiger partial charge in [-0.05, 0) is 47.2 Å². The van der Waals surface area contributed by atoms with Gasteiger partial charge in [0.2, 0.25) is 0 Å². The third-order valence-electron chi connectivity index (χ3n) is 1.73. The second-order valence-corrected chi connectivity index (χ2v) is 4.33. The number of hydrogen-bond acceptors (Lipinski definition) is 2. The lowest BCUT2D eigenvalue weighted by molar-refractivity contribution is 0.116. The van der Waals surface area contributed by atoms with Gasteiger partial charge in [-0.25, -0.2) is 4.79 Å². The standard InChI is InChI=1S/C10H12INO2/c1-7(14-10(12)13)5-8-3-2-4-9(11)6-8/h2-4,6-7H,5H2,1H3,(H2,12,13)/t7-/m0/s1. The van der Waals surface area contributed by atoms with E-state index in [9.17, 15) is 4.79 Å². The van der Waals surface area contributed by atoms with Crippen molar-refractivity contribution in [2.75, 3.05) is 0 Å². The summed E-state index contributed by atoms with van der Waals surface area (Å²) >= 11 is 2.25. The monoisotopic (exact) mass is 305 g/mol. The Morgan fingerprint density at radius 2 is 2.36 bits per heavy atom. The fourth-order valence-corrected chi connectivity index (χ4v) is 1.84. The van der Waals surface area contributed by atoms with Gasteiger partial charge in [0.25, 0.3) is 0 Å². The summed E-state index contributed by atoms with van der Waals surface area (Å²) in [6, 6.07) is 8.06. The molecule has 0 aliphatic rings. The van der Waals surface area contributed by atoms with Crippen LogP contribution in [0.25, 0.3) is 0 Å². The quantitative estimate of drug-likeness (QED) is 0.871. The summed E-state index contributed by atoms with van der Waals surface area (Å²) < 4.78 is 6.00. The third-order valence-corrected chi connectivity index (χ3v) is 2.40. The van der Waals surface area contributed by atoms with Crippen LogP contribution in [0.2, 0.25) is 0 Å². The molecule has 0 bridgehead atoms. The number of hydrogen-bond donors (Lipinski definition) is 1. The van der Waals surface area contributed by atoms with Crippen LogP contribution in [0.4, 0.5) is 4.79 Å². The van der Waals surface area contributed by atoms with Crippen molar-refractivity contribution in [2.24, 2.45) is 5.73 Å². The summed E-state index contributed by atoms with van der Waals surface area (Å²) in [6.07, 6.45) is -0.200. The van der Waals surface area contributed by atoms with Crippen LogP contribution in [0.15, 0.2) is 24.3 Å². The molecule has 0 fully saturated rings. The molecule has 4 heteroatoms. The summed E-state index contributed by atoms with van der Waals surface area (Å²) in [5, 5.41) is 0. The van der Waals surface area contributed by atoms with Crippen LogP contribution >= 0.6 is 22.6 Å². The summed E-state index contributed by atoms with van der Waals surface area (Å²) in [5.74, 6) is 0. The lowest BCUT2D eigenvalue weighted by atomic mass is 10.1. The van der Waals surface area contributed by atoms with Gasteiger partial charge in [0, 0.05) is 9.99 Å². The number of rotatable bonds is 3. The molecule has 0 aromatic heterocycles. The SMILES string of the molecule is C[C@@H](Cc1cccc(I)c1)OC(N)=O. The molecule has 1 amide bonds. The molecule has 1 aromatic carbocycles. The normalized spacial score (nSPS) is 12.1. The fraction of sp³-hybridized carbons (Fsp3) is 0.300. The van der Waals surface area contributed by atoms with Crippen LogP contribution in [0.1, 0.15) is 12.5 Å². The maximum atomic E-state index is 10.5. The van der Waals surface area contributed by atoms with Gasteiger partial charge in [-0.15, -0.1) is 0 Å². The zero-order valence-corrected chi connectivity index (χ0v) is 10.0. The third kappa shape index (κ3) is 3.95. The molecule has 0 saturated carbocycles. The molecule has 0 spiro atoms. The lowest BCUT2D eigenvalue weighted by Gasteiger charge is -2.11. The second-order valence-electron chi connectivity index (χ2n) is 3.08. The topological polar surface area (TPSA) is 52.3 Å². The summed E-state index contributed by atoms with van der Waals surface area (Å²) in [7, 11) is 0. The van der Waals surface area contributed by atoms with E-state index in [2.05, 4.69) is 28.7 Å². The van der Waals surface area contributed by atoms with Gasteiger partial charge >= 0.3 is 6.09 Å². The minimum Gasteiger partial charge on any atom is -0.446 e. The molecule has 0 saturated heterocycles. The minimum absolute atomic E-state index is 0.175. The highest BCUT2D eigenvalue weighted by Gasteiger charge is 2.06. The number of primary amides is 1. The number of benzene rings is 1. The van der Waals surface area contributed by atoms with Gasteiger partial charge in [-0.2, -0.15) is 0 Å². The van der Waals surface area contributed by atoms with Crippen molar-refractivity contribution in [2.45, 2.75) is 19.4 Å². The fourth-order valence-electron chi connectivity index (χ4n) is 1.24. The molecule has 1 atom stereocenters. The van der Waals surface area contributed by atoms with Crippen molar-refractivity contribution in [1.29, 1.82) is 0 Å². The number of halogens is 1. The Labute approximate surface area is 96.8 Å². The number of ether oxygens (including phenoxy) is 1. The molecule has 1 aromatic rings. The molecule has 14 heavy (non-hydrogen) atoms. The van der Waals surface area contributed by atoms with E-state index >= 15 is 0 Å². The highest BCUT2D eigenvalue weighted by atomic mass is 127. The zero-order valence-electron chi connectivity index (χ0n) is 7.87. The molecule has 0 aliphatic carbocycles. The van der Waals surface area contributed by atoms with Crippen LogP contribution in [0, 0.1) is 3.57 Å². The highest BCUT2D eigenvalue weighted by molar-refractivity contribution is 14.1. The lowest BCUT2D eigenvalue weighted by Crippen LogP contribution is -2.21. The summed E-state index contributed by atoms with van der Waals surface area (Å²) in [6.45, 7) is 1.82. The molecule has 3 nitrogen and oxygen atoms in total. The van der Waals surface area contributed by atoms with Gasteiger partial charge < -0.3 is 10.5 Å². The van der Waals surface area contributed by atoms with Crippen molar-refractivity contribution in [3.63, 3.8) is 0 Å². The maximum absolute atomic E-state index is 10.5. The Hall–Kier alpha value is -0.780. The smallest absolute Gasteiger partial charge is 0.404 e. The predicted molar refractivity (Wildman–Crippen MR) is 63.0 cm³/mol. The molecular formula is C10H12INO2. The number of carbonyl (C=O) groups is 1. The molecular weight excluding hydrogens is 293 g/mol. The maximum Gasteiger partial charge on any atom is 0.404 e. The first-order chi connectivity index (χ1) is 6.58. The Morgan fingerprint density at radius 1 is 1.64 bits per heavy atom. The van der Waals surface area contributed by atoms with Crippen molar-refractivity contribution < 1.29 is 9.53 Å². The van der Waals surface area contributed by atoms with Gasteiger partial charge in [0.05, 0.1) is 0 Å². The molecule has 0 heterocycles. The van der Waals surface area contributed by atoms with Crippen molar-refractivity contribution in [3.05, 3.63) is 33.4 Å². The number of nitrogens with two attached hydrogens (primary N) is 1. The molecule has 0 unspecified atom stereocenters. The average Bonchev–Trinajstić information content (AvgIpc) is 2.01. The van der Waals surface area contributed by atoms with Crippen LogP contribution in [0.3, 0.4) is 0 Å². The molecule has 76 valence electrons. The number of carbonyl (C=O) groups excluding carboxylic acids is 1. The van der Waals surface area contributed by atoms with E-state index in [1.807, 2.05) is 25.1 Å². The Balaban J connectivity index is 2.55. The zero-order chi connectivity index (χ0) is 10.6. The van der Waals surface area contributed by atoms with Crippen LogP contribution in [-0.2, 0) is 11.2 Å². The molecule has 2 N–H and O–H groups in total. The van der Waals surface area contributed by atoms with Crippen LogP contribution in [0.5, 0.6) is 0 Å². The summed E-state index contributed by atoms with van der Waals surface area (Å²) in [5.41, 5.74) is 6.06. The van der Waals surface area contributed by atoms with Crippen molar-refractivity contribution in [1.82, 2.24) is 0 Å².